The summed E-state index contributed by atoms with van der Waals surface area (Å²) >= 11 is 0. The van der Waals surface area contributed by atoms with Crippen LogP contribution < -0.4 is 10.3 Å². The third kappa shape index (κ3) is 3.97. The summed E-state index contributed by atoms with van der Waals surface area (Å²) in [6.45, 7) is 5.38. The first-order valence-electron chi connectivity index (χ1n) is 8.25. The number of piperidine rings is 1. The van der Waals surface area contributed by atoms with E-state index >= 15 is 0 Å². The van der Waals surface area contributed by atoms with Crippen LogP contribution in [0.25, 0.3) is 0 Å². The van der Waals surface area contributed by atoms with E-state index in [9.17, 15) is 4.79 Å². The highest BCUT2D eigenvalue weighted by atomic mass is 16.5. The molecule has 0 aliphatic carbocycles. The highest BCUT2D eigenvalue weighted by Crippen LogP contribution is 2.20. The molecule has 7 heteroatoms. The molecule has 0 spiro atoms. The topological polar surface area (TPSA) is 73.1 Å². The molecule has 0 amide bonds. The molecule has 0 aromatic carbocycles. The second-order valence-corrected chi connectivity index (χ2v) is 6.29. The highest BCUT2D eigenvalue weighted by molar-refractivity contribution is 5.05. The minimum atomic E-state index is 0.0699. The summed E-state index contributed by atoms with van der Waals surface area (Å²) in [4.78, 5) is 27.0. The van der Waals surface area contributed by atoms with Crippen LogP contribution in [-0.2, 0) is 13.1 Å². The van der Waals surface area contributed by atoms with Crippen LogP contribution in [0.15, 0.2) is 29.6 Å². The molecule has 1 fully saturated rings. The highest BCUT2D eigenvalue weighted by Gasteiger charge is 2.20. The van der Waals surface area contributed by atoms with E-state index in [4.69, 9.17) is 4.74 Å². The SMILES string of the molecule is COc1nccc(CN2CCC(Cn3cncc(C)c3=O)CC2)n1. The van der Waals surface area contributed by atoms with E-state index in [0.717, 1.165) is 44.7 Å². The van der Waals surface area contributed by atoms with Gasteiger partial charge in [-0.2, -0.15) is 4.98 Å². The Kier molecular flexibility index (Phi) is 5.20. The van der Waals surface area contributed by atoms with Crippen LogP contribution in [0.4, 0.5) is 0 Å². The van der Waals surface area contributed by atoms with Crippen molar-refractivity contribution >= 4 is 0 Å². The lowest BCUT2D eigenvalue weighted by Crippen LogP contribution is -2.36. The van der Waals surface area contributed by atoms with Crippen molar-refractivity contribution < 1.29 is 4.74 Å². The van der Waals surface area contributed by atoms with Gasteiger partial charge < -0.3 is 4.74 Å². The van der Waals surface area contributed by atoms with E-state index in [1.807, 2.05) is 13.0 Å². The first-order chi connectivity index (χ1) is 11.7. The smallest absolute Gasteiger partial charge is 0.316 e. The van der Waals surface area contributed by atoms with E-state index in [0.29, 0.717) is 17.5 Å². The summed E-state index contributed by atoms with van der Waals surface area (Å²) in [5, 5.41) is 0. The van der Waals surface area contributed by atoms with Crippen molar-refractivity contribution in [2.45, 2.75) is 32.9 Å². The molecule has 1 aliphatic rings. The summed E-state index contributed by atoms with van der Waals surface area (Å²) in [6.07, 6.45) is 7.14. The van der Waals surface area contributed by atoms with E-state index in [2.05, 4.69) is 19.9 Å². The third-order valence-corrected chi connectivity index (χ3v) is 4.49. The molecule has 0 radical (unpaired) electrons. The predicted octanol–water partition coefficient (Wildman–Crippen LogP) is 1.26. The minimum Gasteiger partial charge on any atom is -0.467 e. The third-order valence-electron chi connectivity index (χ3n) is 4.49. The average Bonchev–Trinajstić information content (AvgIpc) is 2.61. The lowest BCUT2D eigenvalue weighted by Gasteiger charge is -2.31. The van der Waals surface area contributed by atoms with E-state index in [1.54, 1.807) is 30.4 Å². The first-order valence-corrected chi connectivity index (χ1v) is 8.25. The quantitative estimate of drug-likeness (QED) is 0.822. The zero-order valence-corrected chi connectivity index (χ0v) is 14.2. The van der Waals surface area contributed by atoms with Crippen molar-refractivity contribution in [3.8, 4) is 6.01 Å². The minimum absolute atomic E-state index is 0.0699. The summed E-state index contributed by atoms with van der Waals surface area (Å²) in [5.74, 6) is 0.516. The second-order valence-electron chi connectivity index (χ2n) is 6.29. The molecular formula is C17H23N5O2. The molecule has 1 saturated heterocycles. The van der Waals surface area contributed by atoms with Crippen LogP contribution >= 0.6 is 0 Å². The molecule has 1 aliphatic heterocycles. The van der Waals surface area contributed by atoms with Gasteiger partial charge >= 0.3 is 6.01 Å². The van der Waals surface area contributed by atoms with Crippen LogP contribution in [0.3, 0.4) is 0 Å². The van der Waals surface area contributed by atoms with Gasteiger partial charge in [0, 0.05) is 31.0 Å². The summed E-state index contributed by atoms with van der Waals surface area (Å²) in [7, 11) is 1.58. The molecule has 0 saturated carbocycles. The summed E-state index contributed by atoms with van der Waals surface area (Å²) < 4.78 is 6.81. The number of hydrogen-bond donors (Lipinski definition) is 0. The van der Waals surface area contributed by atoms with Gasteiger partial charge in [-0.25, -0.2) is 9.97 Å². The molecule has 7 nitrogen and oxygen atoms in total. The van der Waals surface area contributed by atoms with Gasteiger partial charge in [-0.15, -0.1) is 0 Å². The van der Waals surface area contributed by atoms with Gasteiger partial charge in [0.05, 0.1) is 19.1 Å². The van der Waals surface area contributed by atoms with Crippen LogP contribution in [0.2, 0.25) is 0 Å². The standard InChI is InChI=1S/C17H23N5O2/c1-13-9-18-12-22(16(13)23)10-14-4-7-21(8-5-14)11-15-3-6-19-17(20-15)24-2/h3,6,9,12,14H,4-5,7-8,10-11H2,1-2H3. The number of hydrogen-bond acceptors (Lipinski definition) is 6. The maximum atomic E-state index is 12.1. The molecule has 0 bridgehead atoms. The monoisotopic (exact) mass is 329 g/mol. The largest absolute Gasteiger partial charge is 0.467 e. The Hall–Kier alpha value is -2.28. The molecule has 0 unspecified atom stereocenters. The zero-order valence-electron chi connectivity index (χ0n) is 14.2. The second kappa shape index (κ2) is 7.53. The Morgan fingerprint density at radius 2 is 2.12 bits per heavy atom. The van der Waals surface area contributed by atoms with E-state index in [-0.39, 0.29) is 5.56 Å². The summed E-state index contributed by atoms with van der Waals surface area (Å²) in [5.41, 5.74) is 1.74. The molecule has 24 heavy (non-hydrogen) atoms. The van der Waals surface area contributed by atoms with Crippen molar-refractivity contribution in [1.82, 2.24) is 24.4 Å². The molecule has 3 heterocycles. The Bertz CT molecular complexity index is 738. The van der Waals surface area contributed by atoms with Crippen molar-refractivity contribution in [2.24, 2.45) is 5.92 Å². The number of ether oxygens (including phenoxy) is 1. The van der Waals surface area contributed by atoms with Crippen LogP contribution in [0.5, 0.6) is 6.01 Å². The number of rotatable bonds is 5. The zero-order chi connectivity index (χ0) is 16.9. The molecule has 0 atom stereocenters. The van der Waals surface area contributed by atoms with E-state index in [1.165, 1.54) is 0 Å². The Balaban J connectivity index is 1.54. The van der Waals surface area contributed by atoms with Crippen molar-refractivity contribution in [2.75, 3.05) is 20.2 Å². The summed E-state index contributed by atoms with van der Waals surface area (Å²) in [6, 6.07) is 2.33. The lowest BCUT2D eigenvalue weighted by atomic mass is 9.96. The fourth-order valence-electron chi connectivity index (χ4n) is 3.09. The number of aryl methyl sites for hydroxylation is 1. The number of nitrogens with zero attached hydrogens (tertiary/aromatic N) is 5. The van der Waals surface area contributed by atoms with Gasteiger partial charge in [-0.05, 0) is 44.8 Å². The number of methoxy groups -OCH3 is 1. The van der Waals surface area contributed by atoms with Gasteiger partial charge in [-0.1, -0.05) is 0 Å². The molecule has 2 aromatic heterocycles. The molecular weight excluding hydrogens is 306 g/mol. The molecule has 2 aromatic rings. The maximum absolute atomic E-state index is 12.1. The normalized spacial score (nSPS) is 16.2. The van der Waals surface area contributed by atoms with Gasteiger partial charge in [0.15, 0.2) is 0 Å². The Morgan fingerprint density at radius 3 is 2.88 bits per heavy atom. The average molecular weight is 329 g/mol. The van der Waals surface area contributed by atoms with Crippen LogP contribution in [0, 0.1) is 12.8 Å². The molecule has 0 N–H and O–H groups in total. The Labute approximate surface area is 141 Å². The molecule has 128 valence electrons. The lowest BCUT2D eigenvalue weighted by molar-refractivity contribution is 0.164. The van der Waals surface area contributed by atoms with Gasteiger partial charge in [-0.3, -0.25) is 14.3 Å². The van der Waals surface area contributed by atoms with E-state index < -0.39 is 0 Å². The Morgan fingerprint density at radius 1 is 1.33 bits per heavy atom. The van der Waals surface area contributed by atoms with Crippen molar-refractivity contribution in [3.05, 3.63) is 46.4 Å². The number of likely N-dealkylation sites (tertiary alicyclic amines) is 1. The predicted molar refractivity (Wildman–Crippen MR) is 89.8 cm³/mol. The van der Waals surface area contributed by atoms with Crippen molar-refractivity contribution in [3.63, 3.8) is 0 Å². The van der Waals surface area contributed by atoms with Crippen LogP contribution in [0.1, 0.15) is 24.1 Å². The molecule has 3 rings (SSSR count). The van der Waals surface area contributed by atoms with Gasteiger partial charge in [0.1, 0.15) is 0 Å². The number of aromatic nitrogens is 4. The van der Waals surface area contributed by atoms with Crippen LogP contribution in [-0.4, -0.2) is 44.6 Å². The van der Waals surface area contributed by atoms with Crippen molar-refractivity contribution in [1.29, 1.82) is 0 Å². The van der Waals surface area contributed by atoms with Gasteiger partial charge in [0.25, 0.3) is 5.56 Å². The fourth-order valence-corrected chi connectivity index (χ4v) is 3.09. The first kappa shape index (κ1) is 16.6. The fraction of sp³-hybridized carbons (Fsp3) is 0.529. The van der Waals surface area contributed by atoms with Gasteiger partial charge in [0.2, 0.25) is 0 Å². The maximum Gasteiger partial charge on any atom is 0.316 e.